The molecule has 0 amide bonds. The average molecular weight is 294 g/mol. The fourth-order valence-electron chi connectivity index (χ4n) is 2.12. The lowest BCUT2D eigenvalue weighted by atomic mass is 10.1. The third-order valence-electron chi connectivity index (χ3n) is 3.33. The van der Waals surface area contributed by atoms with Crippen LogP contribution in [0.25, 0.3) is 6.08 Å². The predicted octanol–water partition coefficient (Wildman–Crippen LogP) is 3.18. The summed E-state index contributed by atoms with van der Waals surface area (Å²) in [5.74, 6) is -1.35. The van der Waals surface area contributed by atoms with Gasteiger partial charge in [-0.15, -0.1) is 0 Å². The van der Waals surface area contributed by atoms with E-state index in [1.54, 1.807) is 24.3 Å². The summed E-state index contributed by atoms with van der Waals surface area (Å²) in [5.41, 5.74) is 2.36. The van der Waals surface area contributed by atoms with Crippen molar-refractivity contribution in [3.8, 4) is 0 Å². The average Bonchev–Trinajstić information content (AvgIpc) is 2.53. The Morgan fingerprint density at radius 2 is 1.45 bits per heavy atom. The summed E-state index contributed by atoms with van der Waals surface area (Å²) in [6.45, 7) is 1.96. The van der Waals surface area contributed by atoms with Gasteiger partial charge >= 0.3 is 11.9 Å². The van der Waals surface area contributed by atoms with Crippen molar-refractivity contribution in [3.05, 3.63) is 76.9 Å². The van der Waals surface area contributed by atoms with Crippen LogP contribution in [0.5, 0.6) is 0 Å². The van der Waals surface area contributed by atoms with Crippen LogP contribution in [0, 0.1) is 6.92 Å². The highest BCUT2D eigenvalue weighted by Crippen LogP contribution is 2.27. The van der Waals surface area contributed by atoms with Gasteiger partial charge in [-0.2, -0.15) is 0 Å². The summed E-state index contributed by atoms with van der Waals surface area (Å²) < 4.78 is 10.4. The van der Waals surface area contributed by atoms with Gasteiger partial charge in [-0.25, -0.2) is 9.59 Å². The largest absolute Gasteiger partial charge is 0.417 e. The summed E-state index contributed by atoms with van der Waals surface area (Å²) >= 11 is 0. The van der Waals surface area contributed by atoms with Crippen LogP contribution in [0.3, 0.4) is 0 Å². The van der Waals surface area contributed by atoms with Crippen molar-refractivity contribution in [1.29, 1.82) is 0 Å². The molecule has 0 aromatic heterocycles. The molecule has 0 spiro atoms. The minimum Gasteiger partial charge on any atom is -0.417 e. The van der Waals surface area contributed by atoms with Crippen LogP contribution in [0.15, 0.2) is 60.2 Å². The van der Waals surface area contributed by atoms with E-state index in [9.17, 15) is 9.59 Å². The molecular formula is C18H14O4. The van der Waals surface area contributed by atoms with Gasteiger partial charge in [0.25, 0.3) is 6.29 Å². The van der Waals surface area contributed by atoms with Crippen LogP contribution in [-0.4, -0.2) is 11.9 Å². The molecule has 110 valence electrons. The van der Waals surface area contributed by atoms with Crippen LogP contribution in [-0.2, 0) is 19.1 Å². The number of ether oxygens (including phenoxy) is 2. The van der Waals surface area contributed by atoms with Crippen molar-refractivity contribution in [2.24, 2.45) is 0 Å². The molecule has 0 aliphatic carbocycles. The highest BCUT2D eigenvalue weighted by atomic mass is 16.7. The van der Waals surface area contributed by atoms with Crippen LogP contribution in [0.1, 0.15) is 23.0 Å². The quantitative estimate of drug-likeness (QED) is 0.485. The van der Waals surface area contributed by atoms with Gasteiger partial charge in [-0.05, 0) is 18.6 Å². The monoisotopic (exact) mass is 294 g/mol. The highest BCUT2D eigenvalue weighted by molar-refractivity contribution is 6.18. The van der Waals surface area contributed by atoms with Crippen LogP contribution < -0.4 is 0 Å². The van der Waals surface area contributed by atoms with E-state index in [1.807, 2.05) is 37.3 Å². The van der Waals surface area contributed by atoms with E-state index < -0.39 is 18.2 Å². The molecule has 1 heterocycles. The topological polar surface area (TPSA) is 52.6 Å². The Kier molecular flexibility index (Phi) is 3.74. The first-order valence-electron chi connectivity index (χ1n) is 6.89. The van der Waals surface area contributed by atoms with E-state index in [0.717, 1.165) is 11.1 Å². The molecule has 0 saturated carbocycles. The number of aryl methyl sites for hydroxylation is 1. The molecule has 1 aliphatic heterocycles. The molecule has 3 rings (SSSR count). The zero-order chi connectivity index (χ0) is 15.5. The first-order chi connectivity index (χ1) is 10.6. The standard InChI is InChI=1S/C18H14O4/c1-12-7-9-13(10-8-12)11-15-16(19)21-18(22-17(15)20)14-5-3-2-4-6-14/h2-11,18H,1H3. The van der Waals surface area contributed by atoms with Crippen molar-refractivity contribution in [1.82, 2.24) is 0 Å². The first-order valence-corrected chi connectivity index (χ1v) is 6.89. The fraction of sp³-hybridized carbons (Fsp3) is 0.111. The Morgan fingerprint density at radius 1 is 0.864 bits per heavy atom. The Morgan fingerprint density at radius 3 is 2.05 bits per heavy atom. The number of cyclic esters (lactones) is 2. The number of carbonyl (C=O) groups is 2. The van der Waals surface area contributed by atoms with Gasteiger partial charge in [0.2, 0.25) is 0 Å². The van der Waals surface area contributed by atoms with E-state index in [-0.39, 0.29) is 5.57 Å². The molecule has 0 radical (unpaired) electrons. The minimum atomic E-state index is -0.989. The number of hydrogen-bond donors (Lipinski definition) is 0. The normalized spacial score (nSPS) is 17.7. The van der Waals surface area contributed by atoms with Crippen LogP contribution in [0.4, 0.5) is 0 Å². The van der Waals surface area contributed by atoms with Gasteiger partial charge in [-0.3, -0.25) is 0 Å². The van der Waals surface area contributed by atoms with Crippen molar-refractivity contribution < 1.29 is 19.1 Å². The Balaban J connectivity index is 1.83. The molecule has 0 atom stereocenters. The van der Waals surface area contributed by atoms with Gasteiger partial charge < -0.3 is 9.47 Å². The maximum absolute atomic E-state index is 12.1. The van der Waals surface area contributed by atoms with Crippen molar-refractivity contribution in [3.63, 3.8) is 0 Å². The second-order valence-corrected chi connectivity index (χ2v) is 5.02. The number of rotatable bonds is 2. The maximum atomic E-state index is 12.1. The van der Waals surface area contributed by atoms with Gasteiger partial charge in [0, 0.05) is 5.56 Å². The first kappa shape index (κ1) is 14.1. The number of benzene rings is 2. The van der Waals surface area contributed by atoms with Crippen molar-refractivity contribution >= 4 is 18.0 Å². The lowest BCUT2D eigenvalue weighted by molar-refractivity contribution is -0.195. The van der Waals surface area contributed by atoms with E-state index in [1.165, 1.54) is 6.08 Å². The zero-order valence-electron chi connectivity index (χ0n) is 12.0. The lowest BCUT2D eigenvalue weighted by Gasteiger charge is -2.23. The second-order valence-electron chi connectivity index (χ2n) is 5.02. The molecule has 1 fully saturated rings. The van der Waals surface area contributed by atoms with E-state index in [4.69, 9.17) is 9.47 Å². The van der Waals surface area contributed by atoms with E-state index in [0.29, 0.717) is 5.56 Å². The highest BCUT2D eigenvalue weighted by Gasteiger charge is 2.34. The predicted molar refractivity (Wildman–Crippen MR) is 80.5 cm³/mol. The van der Waals surface area contributed by atoms with Gasteiger partial charge in [0.15, 0.2) is 0 Å². The summed E-state index contributed by atoms with van der Waals surface area (Å²) in [7, 11) is 0. The molecule has 0 bridgehead atoms. The maximum Gasteiger partial charge on any atom is 0.348 e. The summed E-state index contributed by atoms with van der Waals surface area (Å²) in [5, 5.41) is 0. The van der Waals surface area contributed by atoms with Crippen LogP contribution >= 0.6 is 0 Å². The van der Waals surface area contributed by atoms with Crippen molar-refractivity contribution in [2.75, 3.05) is 0 Å². The number of carbonyl (C=O) groups excluding carboxylic acids is 2. The zero-order valence-corrected chi connectivity index (χ0v) is 12.0. The molecule has 1 aliphatic rings. The van der Waals surface area contributed by atoms with Crippen LogP contribution in [0.2, 0.25) is 0 Å². The minimum absolute atomic E-state index is 0.101. The van der Waals surface area contributed by atoms with Crippen molar-refractivity contribution in [2.45, 2.75) is 13.2 Å². The second kappa shape index (κ2) is 5.85. The summed E-state index contributed by atoms with van der Waals surface area (Å²) in [4.78, 5) is 24.1. The molecule has 4 heteroatoms. The SMILES string of the molecule is Cc1ccc(C=C2C(=O)OC(c3ccccc3)OC2=O)cc1. The van der Waals surface area contributed by atoms with Gasteiger partial charge in [0.05, 0.1) is 0 Å². The molecular weight excluding hydrogens is 280 g/mol. The Hall–Kier alpha value is -2.88. The summed E-state index contributed by atoms with van der Waals surface area (Å²) in [6, 6.07) is 16.3. The number of esters is 2. The third-order valence-corrected chi connectivity index (χ3v) is 3.33. The molecule has 1 saturated heterocycles. The van der Waals surface area contributed by atoms with E-state index >= 15 is 0 Å². The number of hydrogen-bond acceptors (Lipinski definition) is 4. The molecule has 22 heavy (non-hydrogen) atoms. The Bertz CT molecular complexity index is 709. The van der Waals surface area contributed by atoms with Gasteiger partial charge in [0.1, 0.15) is 5.57 Å². The molecule has 4 nitrogen and oxygen atoms in total. The van der Waals surface area contributed by atoms with E-state index in [2.05, 4.69) is 0 Å². The molecule has 2 aromatic carbocycles. The smallest absolute Gasteiger partial charge is 0.348 e. The molecule has 2 aromatic rings. The lowest BCUT2D eigenvalue weighted by Crippen LogP contribution is -2.29. The molecule has 0 unspecified atom stereocenters. The fourth-order valence-corrected chi connectivity index (χ4v) is 2.12. The third kappa shape index (κ3) is 2.91. The van der Waals surface area contributed by atoms with Gasteiger partial charge in [-0.1, -0.05) is 60.2 Å². The Labute approximate surface area is 128 Å². The molecule has 0 N–H and O–H groups in total. The summed E-state index contributed by atoms with van der Waals surface area (Å²) in [6.07, 6.45) is 0.488.